The summed E-state index contributed by atoms with van der Waals surface area (Å²) in [6, 6.07) is 13.3. The normalized spacial score (nSPS) is 17.3. The van der Waals surface area contributed by atoms with E-state index in [0.29, 0.717) is 11.5 Å². The molecule has 2 aromatic rings. The first-order chi connectivity index (χ1) is 9.16. The average Bonchev–Trinajstić information content (AvgIpc) is 2.74. The first kappa shape index (κ1) is 11.7. The Hall–Kier alpha value is -2.36. The van der Waals surface area contributed by atoms with Gasteiger partial charge < -0.3 is 10.6 Å². The van der Waals surface area contributed by atoms with Crippen LogP contribution in [0.3, 0.4) is 0 Å². The number of amides is 1. The molecule has 0 aliphatic carbocycles. The minimum atomic E-state index is -0.0928. The van der Waals surface area contributed by atoms with E-state index in [1.807, 2.05) is 25.1 Å². The summed E-state index contributed by atoms with van der Waals surface area (Å²) in [6.07, 6.45) is 0.879. The molecule has 0 bridgehead atoms. The van der Waals surface area contributed by atoms with Gasteiger partial charge in [-0.1, -0.05) is 24.3 Å². The van der Waals surface area contributed by atoms with Crippen molar-refractivity contribution in [3.8, 4) is 0 Å². The van der Waals surface area contributed by atoms with Crippen LogP contribution in [0.4, 0.5) is 11.5 Å². The number of nitrogens with two attached hydrogens (primary N) is 1. The van der Waals surface area contributed by atoms with Crippen LogP contribution in [0.1, 0.15) is 23.0 Å². The van der Waals surface area contributed by atoms with Crippen molar-refractivity contribution in [1.82, 2.24) is 4.98 Å². The topological polar surface area (TPSA) is 59.2 Å². The van der Waals surface area contributed by atoms with Gasteiger partial charge in [0.25, 0.3) is 5.91 Å². The van der Waals surface area contributed by atoms with E-state index in [1.165, 1.54) is 5.56 Å². The Balaban J connectivity index is 2.01. The van der Waals surface area contributed by atoms with Crippen molar-refractivity contribution in [1.29, 1.82) is 0 Å². The van der Waals surface area contributed by atoms with Crippen LogP contribution < -0.4 is 10.6 Å². The van der Waals surface area contributed by atoms with Crippen molar-refractivity contribution < 1.29 is 4.79 Å². The van der Waals surface area contributed by atoms with Gasteiger partial charge in [-0.25, -0.2) is 4.98 Å². The highest BCUT2D eigenvalue weighted by molar-refractivity contribution is 6.06. The zero-order valence-corrected chi connectivity index (χ0v) is 10.7. The standard InChI is InChI=1S/C15H15N3O/c1-10-9-11-5-2-3-7-13(11)18(10)15(19)12-6-4-8-14(16)17-12/h2-8,10H,9H2,1H3,(H2,16,17). The third kappa shape index (κ3) is 1.95. The fourth-order valence-corrected chi connectivity index (χ4v) is 2.57. The second kappa shape index (κ2) is 4.39. The predicted octanol–water partition coefficient (Wildman–Crippen LogP) is 2.26. The Bertz CT molecular complexity index is 639. The van der Waals surface area contributed by atoms with E-state index in [4.69, 9.17) is 5.73 Å². The van der Waals surface area contributed by atoms with Gasteiger partial charge in [-0.05, 0) is 37.1 Å². The molecule has 0 fully saturated rings. The van der Waals surface area contributed by atoms with Crippen LogP contribution in [0.25, 0.3) is 0 Å². The van der Waals surface area contributed by atoms with Crippen molar-refractivity contribution in [2.24, 2.45) is 0 Å². The third-order valence-electron chi connectivity index (χ3n) is 3.42. The molecule has 1 aliphatic rings. The predicted molar refractivity (Wildman–Crippen MR) is 75.1 cm³/mol. The second-order valence-electron chi connectivity index (χ2n) is 4.80. The van der Waals surface area contributed by atoms with E-state index in [9.17, 15) is 4.79 Å². The molecule has 1 aromatic carbocycles. The van der Waals surface area contributed by atoms with Crippen molar-refractivity contribution in [3.63, 3.8) is 0 Å². The van der Waals surface area contributed by atoms with E-state index in [-0.39, 0.29) is 11.9 Å². The van der Waals surface area contributed by atoms with Gasteiger partial charge in [0.1, 0.15) is 11.5 Å². The first-order valence-corrected chi connectivity index (χ1v) is 6.31. The number of benzene rings is 1. The van der Waals surface area contributed by atoms with Crippen molar-refractivity contribution >= 4 is 17.4 Å². The number of hydrogen-bond donors (Lipinski definition) is 1. The van der Waals surface area contributed by atoms with Gasteiger partial charge >= 0.3 is 0 Å². The van der Waals surface area contributed by atoms with Crippen molar-refractivity contribution in [2.75, 3.05) is 10.6 Å². The molecule has 1 amide bonds. The minimum absolute atomic E-state index is 0.0928. The summed E-state index contributed by atoms with van der Waals surface area (Å²) in [7, 11) is 0. The number of nitrogen functional groups attached to an aromatic ring is 1. The van der Waals surface area contributed by atoms with E-state index < -0.39 is 0 Å². The van der Waals surface area contributed by atoms with Crippen molar-refractivity contribution in [2.45, 2.75) is 19.4 Å². The minimum Gasteiger partial charge on any atom is -0.384 e. The summed E-state index contributed by atoms with van der Waals surface area (Å²) in [5, 5.41) is 0. The van der Waals surface area contributed by atoms with Crippen LogP contribution >= 0.6 is 0 Å². The number of nitrogens with zero attached hydrogens (tertiary/aromatic N) is 2. The Labute approximate surface area is 111 Å². The lowest BCUT2D eigenvalue weighted by atomic mass is 10.1. The molecule has 19 heavy (non-hydrogen) atoms. The van der Waals surface area contributed by atoms with Gasteiger partial charge in [0, 0.05) is 11.7 Å². The molecular weight excluding hydrogens is 238 g/mol. The van der Waals surface area contributed by atoms with E-state index in [2.05, 4.69) is 11.1 Å². The molecule has 3 rings (SSSR count). The quantitative estimate of drug-likeness (QED) is 0.848. The Morgan fingerprint density at radius 2 is 2.05 bits per heavy atom. The summed E-state index contributed by atoms with van der Waals surface area (Å²) in [4.78, 5) is 18.5. The number of rotatable bonds is 1. The SMILES string of the molecule is CC1Cc2ccccc2N1C(=O)c1cccc(N)n1. The highest BCUT2D eigenvalue weighted by Gasteiger charge is 2.31. The van der Waals surface area contributed by atoms with Crippen LogP contribution in [-0.4, -0.2) is 16.9 Å². The van der Waals surface area contributed by atoms with Crippen LogP contribution in [-0.2, 0) is 6.42 Å². The zero-order chi connectivity index (χ0) is 13.4. The average molecular weight is 253 g/mol. The van der Waals surface area contributed by atoms with E-state index in [0.717, 1.165) is 12.1 Å². The molecule has 1 aliphatic heterocycles. The monoisotopic (exact) mass is 253 g/mol. The number of aromatic nitrogens is 1. The van der Waals surface area contributed by atoms with Gasteiger partial charge in [0.15, 0.2) is 0 Å². The summed E-state index contributed by atoms with van der Waals surface area (Å²) in [5.41, 5.74) is 8.21. The summed E-state index contributed by atoms with van der Waals surface area (Å²) < 4.78 is 0. The van der Waals surface area contributed by atoms with Crippen LogP contribution in [0.2, 0.25) is 0 Å². The number of pyridine rings is 1. The van der Waals surface area contributed by atoms with Gasteiger partial charge in [0.05, 0.1) is 0 Å². The zero-order valence-electron chi connectivity index (χ0n) is 10.7. The highest BCUT2D eigenvalue weighted by atomic mass is 16.2. The molecule has 4 nitrogen and oxygen atoms in total. The van der Waals surface area contributed by atoms with E-state index in [1.54, 1.807) is 23.1 Å². The van der Waals surface area contributed by atoms with Gasteiger partial charge in [-0.2, -0.15) is 0 Å². The highest BCUT2D eigenvalue weighted by Crippen LogP contribution is 2.32. The second-order valence-corrected chi connectivity index (χ2v) is 4.80. The summed E-state index contributed by atoms with van der Waals surface area (Å²) in [5.74, 6) is 0.274. The number of carbonyl (C=O) groups excluding carboxylic acids is 1. The third-order valence-corrected chi connectivity index (χ3v) is 3.42. The fourth-order valence-electron chi connectivity index (χ4n) is 2.57. The maximum absolute atomic E-state index is 12.6. The number of para-hydroxylation sites is 1. The van der Waals surface area contributed by atoms with Crippen LogP contribution in [0, 0.1) is 0 Å². The number of anilines is 2. The lowest BCUT2D eigenvalue weighted by molar-refractivity contribution is 0.0977. The summed E-state index contributed by atoms with van der Waals surface area (Å²) in [6.45, 7) is 2.05. The molecule has 0 saturated carbocycles. The molecular formula is C15H15N3O. The Morgan fingerprint density at radius 1 is 1.26 bits per heavy atom. The molecule has 96 valence electrons. The molecule has 0 radical (unpaired) electrons. The molecule has 1 atom stereocenters. The fraction of sp³-hybridized carbons (Fsp3) is 0.200. The molecule has 1 aromatic heterocycles. The lowest BCUT2D eigenvalue weighted by Crippen LogP contribution is -2.36. The van der Waals surface area contributed by atoms with Crippen LogP contribution in [0.15, 0.2) is 42.5 Å². The van der Waals surface area contributed by atoms with Gasteiger partial charge in [0.2, 0.25) is 0 Å². The largest absolute Gasteiger partial charge is 0.384 e. The van der Waals surface area contributed by atoms with Gasteiger partial charge in [-0.3, -0.25) is 4.79 Å². The molecule has 0 saturated heterocycles. The maximum Gasteiger partial charge on any atom is 0.277 e. The molecule has 1 unspecified atom stereocenters. The van der Waals surface area contributed by atoms with Gasteiger partial charge in [-0.15, -0.1) is 0 Å². The maximum atomic E-state index is 12.6. The van der Waals surface area contributed by atoms with E-state index >= 15 is 0 Å². The van der Waals surface area contributed by atoms with Crippen molar-refractivity contribution in [3.05, 3.63) is 53.7 Å². The lowest BCUT2D eigenvalue weighted by Gasteiger charge is -2.22. The molecule has 2 heterocycles. The smallest absolute Gasteiger partial charge is 0.277 e. The first-order valence-electron chi connectivity index (χ1n) is 6.31. The molecule has 2 N–H and O–H groups in total. The molecule has 4 heteroatoms. The van der Waals surface area contributed by atoms with Crippen LogP contribution in [0.5, 0.6) is 0 Å². The molecule has 0 spiro atoms. The Morgan fingerprint density at radius 3 is 2.84 bits per heavy atom. The number of hydrogen-bond acceptors (Lipinski definition) is 3. The summed E-state index contributed by atoms with van der Waals surface area (Å²) >= 11 is 0. The Kier molecular flexibility index (Phi) is 2.71. The number of carbonyl (C=O) groups is 1. The number of fused-ring (bicyclic) bond motifs is 1.